The molecule has 0 saturated carbocycles. The van der Waals surface area contributed by atoms with Gasteiger partial charge in [0.15, 0.2) is 5.11 Å². The quantitative estimate of drug-likeness (QED) is 0.636. The molecule has 0 heterocycles. The number of rotatable bonds is 5. The van der Waals surface area contributed by atoms with Crippen molar-refractivity contribution in [1.82, 2.24) is 5.32 Å². The topological polar surface area (TPSA) is 67.4 Å². The van der Waals surface area contributed by atoms with Crippen LogP contribution >= 0.6 is 12.2 Å². The van der Waals surface area contributed by atoms with Crippen molar-refractivity contribution >= 4 is 34.9 Å². The van der Waals surface area contributed by atoms with Crippen molar-refractivity contribution in [3.8, 4) is 0 Å². The third-order valence-electron chi connectivity index (χ3n) is 2.15. The number of hydrogen-bond acceptors (Lipinski definition) is 4. The minimum absolute atomic E-state index is 0.0492. The zero-order chi connectivity index (χ0) is 14.1. The Labute approximate surface area is 117 Å². The average Bonchev–Trinajstić information content (AvgIpc) is 2.38. The lowest BCUT2D eigenvalue weighted by Gasteiger charge is -2.09. The van der Waals surface area contributed by atoms with Crippen LogP contribution in [0.5, 0.6) is 0 Å². The standard InChI is InChI=1S/C13H16N2O3S/c1-2-18-12(17)9-8-11(16)15-13(19)14-10-6-4-3-5-7-10/h3-7H,2,8-9H2,1H3,(H2,14,15,16,19). The summed E-state index contributed by atoms with van der Waals surface area (Å²) in [5, 5.41) is 5.58. The van der Waals surface area contributed by atoms with E-state index in [0.717, 1.165) is 5.69 Å². The van der Waals surface area contributed by atoms with Gasteiger partial charge in [-0.25, -0.2) is 0 Å². The summed E-state index contributed by atoms with van der Waals surface area (Å²) in [6, 6.07) is 9.25. The van der Waals surface area contributed by atoms with Gasteiger partial charge in [0.05, 0.1) is 13.0 Å². The molecular formula is C13H16N2O3S. The second-order valence-electron chi connectivity index (χ2n) is 3.67. The molecule has 0 aromatic heterocycles. The highest BCUT2D eigenvalue weighted by molar-refractivity contribution is 7.80. The van der Waals surface area contributed by atoms with Gasteiger partial charge in [-0.05, 0) is 31.3 Å². The molecular weight excluding hydrogens is 264 g/mol. The minimum Gasteiger partial charge on any atom is -0.466 e. The van der Waals surface area contributed by atoms with E-state index < -0.39 is 0 Å². The molecule has 1 amide bonds. The highest BCUT2D eigenvalue weighted by Gasteiger charge is 2.08. The van der Waals surface area contributed by atoms with Crippen LogP contribution in [0.25, 0.3) is 0 Å². The SMILES string of the molecule is CCOC(=O)CCC(=O)NC(=S)Nc1ccccc1. The molecule has 6 heteroatoms. The molecule has 0 spiro atoms. The Morgan fingerprint density at radius 1 is 1.21 bits per heavy atom. The third kappa shape index (κ3) is 6.52. The lowest BCUT2D eigenvalue weighted by atomic mass is 10.3. The minimum atomic E-state index is -0.389. The Balaban J connectivity index is 2.28. The van der Waals surface area contributed by atoms with Crippen molar-refractivity contribution in [2.75, 3.05) is 11.9 Å². The smallest absolute Gasteiger partial charge is 0.306 e. The summed E-state index contributed by atoms with van der Waals surface area (Å²) >= 11 is 4.98. The number of anilines is 1. The maximum Gasteiger partial charge on any atom is 0.306 e. The fourth-order valence-corrected chi connectivity index (χ4v) is 1.55. The third-order valence-corrected chi connectivity index (χ3v) is 2.35. The summed E-state index contributed by atoms with van der Waals surface area (Å²) in [7, 11) is 0. The first-order valence-electron chi connectivity index (χ1n) is 5.93. The lowest BCUT2D eigenvalue weighted by molar-refractivity contribution is -0.144. The summed E-state index contributed by atoms with van der Waals surface area (Å²) in [6.07, 6.45) is 0.100. The molecule has 1 aromatic carbocycles. The van der Waals surface area contributed by atoms with Crippen LogP contribution in [0.2, 0.25) is 0 Å². The van der Waals surface area contributed by atoms with E-state index in [2.05, 4.69) is 10.6 Å². The molecule has 0 unspecified atom stereocenters. The number of benzene rings is 1. The van der Waals surface area contributed by atoms with Gasteiger partial charge >= 0.3 is 5.97 Å². The summed E-state index contributed by atoms with van der Waals surface area (Å²) in [4.78, 5) is 22.6. The Morgan fingerprint density at radius 3 is 2.53 bits per heavy atom. The fraction of sp³-hybridized carbons (Fsp3) is 0.308. The van der Waals surface area contributed by atoms with Crippen LogP contribution in [0, 0.1) is 0 Å². The molecule has 0 saturated heterocycles. The Morgan fingerprint density at radius 2 is 1.89 bits per heavy atom. The van der Waals surface area contributed by atoms with Gasteiger partial charge in [0.25, 0.3) is 0 Å². The number of hydrogen-bond donors (Lipinski definition) is 2. The van der Waals surface area contributed by atoms with E-state index in [1.165, 1.54) is 0 Å². The van der Waals surface area contributed by atoms with Crippen LogP contribution in [0.4, 0.5) is 5.69 Å². The molecule has 2 N–H and O–H groups in total. The van der Waals surface area contributed by atoms with Crippen molar-refractivity contribution < 1.29 is 14.3 Å². The largest absolute Gasteiger partial charge is 0.466 e. The summed E-state index contributed by atoms with van der Waals surface area (Å²) < 4.78 is 4.73. The van der Waals surface area contributed by atoms with Crippen molar-refractivity contribution in [3.63, 3.8) is 0 Å². The monoisotopic (exact) mass is 280 g/mol. The predicted molar refractivity (Wildman–Crippen MR) is 76.7 cm³/mol. The fourth-order valence-electron chi connectivity index (χ4n) is 1.32. The van der Waals surface area contributed by atoms with Gasteiger partial charge < -0.3 is 15.4 Å². The maximum absolute atomic E-state index is 11.5. The predicted octanol–water partition coefficient (Wildman–Crippen LogP) is 1.84. The molecule has 0 atom stereocenters. The van der Waals surface area contributed by atoms with Gasteiger partial charge in [-0.15, -0.1) is 0 Å². The van der Waals surface area contributed by atoms with Crippen LogP contribution in [0.3, 0.4) is 0 Å². The van der Waals surface area contributed by atoms with Crippen LogP contribution in [-0.2, 0) is 14.3 Å². The molecule has 0 aliphatic heterocycles. The summed E-state index contributed by atoms with van der Waals surface area (Å²) in [6.45, 7) is 2.03. The van der Waals surface area contributed by atoms with E-state index in [1.54, 1.807) is 6.92 Å². The molecule has 19 heavy (non-hydrogen) atoms. The first kappa shape index (κ1) is 15.1. The Hall–Kier alpha value is -1.95. The number of ether oxygens (including phenoxy) is 1. The zero-order valence-corrected chi connectivity index (χ0v) is 11.5. The number of nitrogens with one attached hydrogen (secondary N) is 2. The lowest BCUT2D eigenvalue weighted by Crippen LogP contribution is -2.34. The van der Waals surface area contributed by atoms with E-state index in [1.807, 2.05) is 30.3 Å². The number of para-hydroxylation sites is 1. The number of thiocarbonyl (C=S) groups is 1. The van der Waals surface area contributed by atoms with E-state index in [0.29, 0.717) is 6.61 Å². The van der Waals surface area contributed by atoms with Gasteiger partial charge in [0.1, 0.15) is 0 Å². The highest BCUT2D eigenvalue weighted by Crippen LogP contribution is 2.04. The normalized spacial score (nSPS) is 9.53. The molecule has 0 radical (unpaired) electrons. The second-order valence-corrected chi connectivity index (χ2v) is 4.08. The molecule has 0 bridgehead atoms. The molecule has 0 fully saturated rings. The first-order chi connectivity index (χ1) is 9.11. The van der Waals surface area contributed by atoms with E-state index >= 15 is 0 Å². The Bertz CT molecular complexity index is 448. The maximum atomic E-state index is 11.5. The average molecular weight is 280 g/mol. The zero-order valence-electron chi connectivity index (χ0n) is 10.6. The molecule has 5 nitrogen and oxygen atoms in total. The van der Waals surface area contributed by atoms with Gasteiger partial charge in [-0.3, -0.25) is 9.59 Å². The molecule has 0 aliphatic rings. The first-order valence-corrected chi connectivity index (χ1v) is 6.34. The molecule has 0 aliphatic carbocycles. The van der Waals surface area contributed by atoms with Crippen molar-refractivity contribution in [2.45, 2.75) is 19.8 Å². The number of carbonyl (C=O) groups excluding carboxylic acids is 2. The van der Waals surface area contributed by atoms with Crippen molar-refractivity contribution in [2.24, 2.45) is 0 Å². The number of carbonyl (C=O) groups is 2. The van der Waals surface area contributed by atoms with E-state index in [-0.39, 0.29) is 29.8 Å². The van der Waals surface area contributed by atoms with Crippen LogP contribution < -0.4 is 10.6 Å². The van der Waals surface area contributed by atoms with Crippen LogP contribution in [0.1, 0.15) is 19.8 Å². The second kappa shape index (κ2) is 8.20. The van der Waals surface area contributed by atoms with Gasteiger partial charge in [0.2, 0.25) is 5.91 Å². The number of amides is 1. The Kier molecular flexibility index (Phi) is 6.52. The van der Waals surface area contributed by atoms with Crippen LogP contribution in [-0.4, -0.2) is 23.6 Å². The number of esters is 1. The summed E-state index contributed by atoms with van der Waals surface area (Å²) in [5.41, 5.74) is 0.790. The molecule has 1 rings (SSSR count). The van der Waals surface area contributed by atoms with Gasteiger partial charge in [-0.1, -0.05) is 18.2 Å². The van der Waals surface area contributed by atoms with Crippen LogP contribution in [0.15, 0.2) is 30.3 Å². The van der Waals surface area contributed by atoms with Gasteiger partial charge in [-0.2, -0.15) is 0 Å². The van der Waals surface area contributed by atoms with E-state index in [4.69, 9.17) is 17.0 Å². The van der Waals surface area contributed by atoms with E-state index in [9.17, 15) is 9.59 Å². The van der Waals surface area contributed by atoms with Crippen molar-refractivity contribution in [1.29, 1.82) is 0 Å². The summed E-state index contributed by atoms with van der Waals surface area (Å²) in [5.74, 6) is -0.707. The van der Waals surface area contributed by atoms with Gasteiger partial charge in [0, 0.05) is 12.1 Å². The highest BCUT2D eigenvalue weighted by atomic mass is 32.1. The molecule has 102 valence electrons. The molecule has 1 aromatic rings. The van der Waals surface area contributed by atoms with Crippen molar-refractivity contribution in [3.05, 3.63) is 30.3 Å².